The molecule has 0 aliphatic carbocycles. The number of rotatable bonds is 4. The quantitative estimate of drug-likeness (QED) is 0.654. The Labute approximate surface area is 193 Å². The van der Waals surface area contributed by atoms with Crippen molar-refractivity contribution in [2.75, 3.05) is 58.3 Å². The summed E-state index contributed by atoms with van der Waals surface area (Å²) >= 11 is 1.66. The smallest absolute Gasteiger partial charge is 0.257 e. The van der Waals surface area contributed by atoms with Gasteiger partial charge in [0.05, 0.1) is 28.3 Å². The normalized spacial score (nSPS) is 19.4. The number of nitriles is 1. The number of halogens is 1. The van der Waals surface area contributed by atoms with E-state index in [1.165, 1.54) is 12.1 Å². The lowest BCUT2D eigenvalue weighted by atomic mass is 9.81. The number of benzene rings is 1. The van der Waals surface area contributed by atoms with Crippen LogP contribution in [0.3, 0.4) is 0 Å². The maximum absolute atomic E-state index is 14.2. The molecule has 0 N–H and O–H groups in total. The summed E-state index contributed by atoms with van der Waals surface area (Å²) < 4.78 is 18.5. The Hall–Kier alpha value is -2.41. The first-order valence-corrected chi connectivity index (χ1v) is 11.7. The third kappa shape index (κ3) is 4.68. The topological polar surface area (TPSA) is 66.7 Å². The van der Waals surface area contributed by atoms with Crippen LogP contribution < -0.4 is 4.90 Å². The number of piperidine rings is 1. The van der Waals surface area contributed by atoms with E-state index in [9.17, 15) is 14.4 Å². The van der Waals surface area contributed by atoms with Crippen LogP contribution in [0.15, 0.2) is 24.4 Å². The van der Waals surface area contributed by atoms with Crippen LogP contribution >= 0.6 is 12.1 Å². The van der Waals surface area contributed by atoms with Gasteiger partial charge in [-0.3, -0.25) is 9.78 Å². The zero-order valence-electron chi connectivity index (χ0n) is 18.8. The van der Waals surface area contributed by atoms with E-state index in [0.29, 0.717) is 55.5 Å². The van der Waals surface area contributed by atoms with Gasteiger partial charge in [-0.1, -0.05) is 0 Å². The molecule has 7 nitrogen and oxygen atoms in total. The van der Waals surface area contributed by atoms with Crippen LogP contribution in [-0.4, -0.2) is 77.8 Å². The fourth-order valence-corrected chi connectivity index (χ4v) is 5.15. The van der Waals surface area contributed by atoms with Crippen LogP contribution in [0.4, 0.5) is 10.1 Å². The van der Waals surface area contributed by atoms with Crippen LogP contribution in [0.1, 0.15) is 30.1 Å². The number of amides is 1. The number of aromatic nitrogens is 1. The number of anilines is 1. The van der Waals surface area contributed by atoms with Crippen LogP contribution in [-0.2, 0) is 0 Å². The molecule has 9 heteroatoms. The monoisotopic (exact) mass is 456 g/mol. The molecule has 2 aliphatic rings. The molecule has 2 saturated heterocycles. The molecule has 0 saturated carbocycles. The third-order valence-electron chi connectivity index (χ3n) is 6.29. The molecule has 1 aromatic heterocycles. The maximum Gasteiger partial charge on any atom is 0.257 e. The fraction of sp³-hybridized carbons (Fsp3) is 0.522. The second-order valence-electron chi connectivity index (χ2n) is 8.96. The predicted molar refractivity (Wildman–Crippen MR) is 126 cm³/mol. The Balaban J connectivity index is 1.65. The molecule has 3 heterocycles. The average molecular weight is 457 g/mol. The number of pyridine rings is 1. The minimum absolute atomic E-state index is 0.0678. The lowest BCUT2D eigenvalue weighted by molar-refractivity contribution is 0.0702. The average Bonchev–Trinajstić information content (AvgIpc) is 2.78. The van der Waals surface area contributed by atoms with Crippen LogP contribution in [0.2, 0.25) is 0 Å². The number of hydrogen-bond donors (Lipinski definition) is 0. The van der Waals surface area contributed by atoms with Gasteiger partial charge >= 0.3 is 0 Å². The molecule has 0 spiro atoms. The molecule has 32 heavy (non-hydrogen) atoms. The van der Waals surface area contributed by atoms with Gasteiger partial charge in [0.1, 0.15) is 5.82 Å². The molecular weight excluding hydrogens is 427 g/mol. The Bertz CT molecular complexity index is 1040. The van der Waals surface area contributed by atoms with Crippen LogP contribution in [0, 0.1) is 22.6 Å². The molecule has 2 fully saturated rings. The molecule has 0 radical (unpaired) electrons. The number of carbonyl (C=O) groups excluding carboxylic acids is 1. The van der Waals surface area contributed by atoms with E-state index in [1.807, 2.05) is 30.2 Å². The minimum atomic E-state index is -0.366. The first-order valence-electron chi connectivity index (χ1n) is 10.9. The van der Waals surface area contributed by atoms with Crippen molar-refractivity contribution >= 4 is 34.6 Å². The highest BCUT2D eigenvalue weighted by atomic mass is 32.2. The summed E-state index contributed by atoms with van der Waals surface area (Å²) in [5, 5.41) is 10.2. The zero-order valence-corrected chi connectivity index (χ0v) is 19.7. The van der Waals surface area contributed by atoms with Gasteiger partial charge in [-0.2, -0.15) is 5.26 Å². The Morgan fingerprint density at radius 2 is 1.88 bits per heavy atom. The predicted octanol–water partition coefficient (Wildman–Crippen LogP) is 3.39. The zero-order chi connectivity index (χ0) is 22.9. The highest BCUT2D eigenvalue weighted by Crippen LogP contribution is 2.37. The van der Waals surface area contributed by atoms with Gasteiger partial charge in [-0.05, 0) is 52.1 Å². The second-order valence-corrected chi connectivity index (χ2v) is 10.4. The Morgan fingerprint density at radius 3 is 2.50 bits per heavy atom. The summed E-state index contributed by atoms with van der Waals surface area (Å²) in [7, 11) is 4.01. The van der Waals surface area contributed by atoms with Gasteiger partial charge in [0.25, 0.3) is 5.91 Å². The standard InChI is InChI=1S/C23H29FN6OS/c1-23(16-25)6-8-28(9-7-23)21-18-14-17(24)4-5-20(18)26-15-19(21)22(31)29-10-12-30(13-11-29)32-27(2)3/h4-5,14-15H,6-13H2,1-3H3. The first-order chi connectivity index (χ1) is 15.3. The van der Waals surface area contributed by atoms with E-state index in [4.69, 9.17) is 0 Å². The SMILES string of the molecule is CN(C)SN1CCN(C(=O)c2cnc3ccc(F)cc3c2N2CCC(C)(C#N)CC2)CC1. The van der Waals surface area contributed by atoms with Gasteiger partial charge < -0.3 is 9.80 Å². The Morgan fingerprint density at radius 1 is 1.19 bits per heavy atom. The summed E-state index contributed by atoms with van der Waals surface area (Å²) in [6.45, 7) is 6.10. The van der Waals surface area contributed by atoms with Gasteiger partial charge in [0.15, 0.2) is 0 Å². The number of carbonyl (C=O) groups is 1. The third-order valence-corrected chi connectivity index (χ3v) is 7.21. The summed E-state index contributed by atoms with van der Waals surface area (Å²) in [5.74, 6) is -0.417. The van der Waals surface area contributed by atoms with Gasteiger partial charge in [-0.15, -0.1) is 0 Å². The Kier molecular flexibility index (Phi) is 6.56. The van der Waals surface area contributed by atoms with Crippen LogP contribution in [0.25, 0.3) is 10.9 Å². The molecule has 2 aromatic rings. The largest absolute Gasteiger partial charge is 0.370 e. The number of piperazine rings is 1. The molecule has 4 rings (SSSR count). The van der Waals surface area contributed by atoms with Gasteiger partial charge in [-0.25, -0.2) is 13.0 Å². The lowest BCUT2D eigenvalue weighted by Crippen LogP contribution is -2.47. The summed E-state index contributed by atoms with van der Waals surface area (Å²) in [6, 6.07) is 6.94. The first kappa shape index (κ1) is 22.8. The van der Waals surface area contributed by atoms with E-state index < -0.39 is 0 Å². The molecule has 1 amide bonds. The van der Waals surface area contributed by atoms with Crippen molar-refractivity contribution in [1.29, 1.82) is 5.26 Å². The lowest BCUT2D eigenvalue weighted by Gasteiger charge is -2.39. The van der Waals surface area contributed by atoms with Crippen molar-refractivity contribution < 1.29 is 9.18 Å². The maximum atomic E-state index is 14.2. The summed E-state index contributed by atoms with van der Waals surface area (Å²) in [5.41, 5.74) is 1.55. The van der Waals surface area contributed by atoms with Gasteiger partial charge in [0.2, 0.25) is 0 Å². The van der Waals surface area contributed by atoms with E-state index in [0.717, 1.165) is 18.8 Å². The molecule has 0 atom stereocenters. The fourth-order valence-electron chi connectivity index (χ4n) is 4.36. The van der Waals surface area contributed by atoms with E-state index in [-0.39, 0.29) is 17.1 Å². The number of hydrogen-bond acceptors (Lipinski definition) is 7. The van der Waals surface area contributed by atoms with Crippen molar-refractivity contribution in [2.45, 2.75) is 19.8 Å². The van der Waals surface area contributed by atoms with Crippen molar-refractivity contribution in [3.63, 3.8) is 0 Å². The second kappa shape index (κ2) is 9.22. The van der Waals surface area contributed by atoms with Crippen molar-refractivity contribution in [2.24, 2.45) is 5.41 Å². The molecule has 2 aliphatic heterocycles. The van der Waals surface area contributed by atoms with Gasteiger partial charge in [0, 0.05) is 63.0 Å². The molecule has 170 valence electrons. The molecule has 0 bridgehead atoms. The summed E-state index contributed by atoms with van der Waals surface area (Å²) in [4.78, 5) is 22.1. The van der Waals surface area contributed by atoms with Crippen molar-refractivity contribution in [1.82, 2.24) is 18.5 Å². The number of fused-ring (bicyclic) bond motifs is 1. The van der Waals surface area contributed by atoms with E-state index in [2.05, 4.69) is 20.3 Å². The van der Waals surface area contributed by atoms with Crippen molar-refractivity contribution in [3.05, 3.63) is 35.8 Å². The van der Waals surface area contributed by atoms with E-state index in [1.54, 1.807) is 24.4 Å². The highest BCUT2D eigenvalue weighted by molar-refractivity contribution is 7.94. The van der Waals surface area contributed by atoms with Crippen LogP contribution in [0.5, 0.6) is 0 Å². The van der Waals surface area contributed by atoms with E-state index >= 15 is 0 Å². The minimum Gasteiger partial charge on any atom is -0.370 e. The molecule has 1 aromatic carbocycles. The molecule has 0 unspecified atom stereocenters. The molecular formula is C23H29FN6OS. The highest BCUT2D eigenvalue weighted by Gasteiger charge is 2.33. The summed E-state index contributed by atoms with van der Waals surface area (Å²) in [6.07, 6.45) is 3.05. The van der Waals surface area contributed by atoms with Crippen molar-refractivity contribution in [3.8, 4) is 6.07 Å². The number of nitrogens with zero attached hydrogens (tertiary/aromatic N) is 6.